The molecule has 1 heterocycles. The van der Waals surface area contributed by atoms with Gasteiger partial charge in [0, 0.05) is 23.2 Å². The summed E-state index contributed by atoms with van der Waals surface area (Å²) in [5.41, 5.74) is 7.56. The van der Waals surface area contributed by atoms with E-state index in [-0.39, 0.29) is 0 Å². The summed E-state index contributed by atoms with van der Waals surface area (Å²) in [5.74, 6) is 1.42. The van der Waals surface area contributed by atoms with Gasteiger partial charge in [-0.15, -0.1) is 0 Å². The SMILES string of the molecule is CC1CC(C)CN(c2c(Cl)cc(N)cc2Br)C1. The fourth-order valence-electron chi connectivity index (χ4n) is 2.73. The molecule has 0 bridgehead atoms. The van der Waals surface area contributed by atoms with Gasteiger partial charge in [0.05, 0.1) is 10.7 Å². The van der Waals surface area contributed by atoms with Crippen LogP contribution in [0.25, 0.3) is 0 Å². The summed E-state index contributed by atoms with van der Waals surface area (Å²) in [5, 5.41) is 0.734. The standard InChI is InChI=1S/C13H18BrClN2/c1-8-3-9(2)7-17(6-8)13-11(14)4-10(16)5-12(13)15/h4-5,8-9H,3,6-7,16H2,1-2H3. The molecule has 1 aromatic carbocycles. The Hall–Kier alpha value is -0.410. The smallest absolute Gasteiger partial charge is 0.0701 e. The quantitative estimate of drug-likeness (QED) is 0.788. The van der Waals surface area contributed by atoms with Gasteiger partial charge in [-0.1, -0.05) is 25.4 Å². The van der Waals surface area contributed by atoms with Crippen LogP contribution in [0.3, 0.4) is 0 Å². The molecule has 0 radical (unpaired) electrons. The highest BCUT2D eigenvalue weighted by atomic mass is 79.9. The van der Waals surface area contributed by atoms with E-state index in [4.69, 9.17) is 17.3 Å². The van der Waals surface area contributed by atoms with E-state index in [1.807, 2.05) is 12.1 Å². The Bertz CT molecular complexity index is 389. The van der Waals surface area contributed by atoms with E-state index in [1.165, 1.54) is 6.42 Å². The summed E-state index contributed by atoms with van der Waals surface area (Å²) in [4.78, 5) is 2.37. The van der Waals surface area contributed by atoms with Crippen molar-refractivity contribution in [3.63, 3.8) is 0 Å². The molecule has 1 fully saturated rings. The van der Waals surface area contributed by atoms with Crippen molar-refractivity contribution in [2.45, 2.75) is 20.3 Å². The number of halogens is 2. The molecule has 1 aliphatic heterocycles. The van der Waals surface area contributed by atoms with E-state index in [0.29, 0.717) is 17.5 Å². The van der Waals surface area contributed by atoms with Gasteiger partial charge in [-0.05, 0) is 46.3 Å². The molecular formula is C13H18BrClN2. The molecule has 0 amide bonds. The minimum absolute atomic E-state index is 0.698. The number of piperidine rings is 1. The highest BCUT2D eigenvalue weighted by Crippen LogP contribution is 2.38. The first-order valence-corrected chi connectivity index (χ1v) is 7.14. The van der Waals surface area contributed by atoms with Crippen LogP contribution >= 0.6 is 27.5 Å². The van der Waals surface area contributed by atoms with Crippen LogP contribution in [0.4, 0.5) is 11.4 Å². The Labute approximate surface area is 116 Å². The van der Waals surface area contributed by atoms with Crippen LogP contribution in [-0.2, 0) is 0 Å². The van der Waals surface area contributed by atoms with E-state index in [1.54, 1.807) is 0 Å². The van der Waals surface area contributed by atoms with Gasteiger partial charge < -0.3 is 10.6 Å². The topological polar surface area (TPSA) is 29.3 Å². The fourth-order valence-corrected chi connectivity index (χ4v) is 3.92. The van der Waals surface area contributed by atoms with Gasteiger partial charge in [0.2, 0.25) is 0 Å². The summed E-state index contributed by atoms with van der Waals surface area (Å²) >= 11 is 9.88. The molecule has 2 atom stereocenters. The number of hydrogen-bond donors (Lipinski definition) is 1. The Morgan fingerprint density at radius 1 is 1.29 bits per heavy atom. The predicted octanol–water partition coefficient (Wildman–Crippen LogP) is 4.17. The maximum atomic E-state index is 6.31. The number of anilines is 2. The molecule has 0 aliphatic carbocycles. The van der Waals surface area contributed by atoms with Crippen molar-refractivity contribution in [1.82, 2.24) is 0 Å². The third-order valence-electron chi connectivity index (χ3n) is 3.22. The molecule has 2 N–H and O–H groups in total. The van der Waals surface area contributed by atoms with Gasteiger partial charge >= 0.3 is 0 Å². The zero-order valence-electron chi connectivity index (χ0n) is 10.2. The van der Waals surface area contributed by atoms with Gasteiger partial charge in [-0.2, -0.15) is 0 Å². The molecule has 0 aromatic heterocycles. The van der Waals surface area contributed by atoms with E-state index < -0.39 is 0 Å². The first-order chi connectivity index (χ1) is 7.97. The van der Waals surface area contributed by atoms with Gasteiger partial charge in [-0.3, -0.25) is 0 Å². The van der Waals surface area contributed by atoms with Crippen molar-refractivity contribution in [3.8, 4) is 0 Å². The molecule has 2 unspecified atom stereocenters. The van der Waals surface area contributed by atoms with E-state index in [0.717, 1.165) is 28.3 Å². The zero-order chi connectivity index (χ0) is 12.6. The molecule has 1 aromatic rings. The summed E-state index contributed by atoms with van der Waals surface area (Å²) in [6.07, 6.45) is 1.29. The first-order valence-electron chi connectivity index (χ1n) is 5.97. The van der Waals surface area contributed by atoms with Crippen LogP contribution in [0, 0.1) is 11.8 Å². The van der Waals surface area contributed by atoms with Crippen LogP contribution in [0.1, 0.15) is 20.3 Å². The molecule has 2 nitrogen and oxygen atoms in total. The van der Waals surface area contributed by atoms with Crippen LogP contribution in [0.5, 0.6) is 0 Å². The van der Waals surface area contributed by atoms with Crippen molar-refractivity contribution >= 4 is 38.9 Å². The number of rotatable bonds is 1. The summed E-state index contributed by atoms with van der Waals surface area (Å²) in [6.45, 7) is 6.71. The first kappa shape index (κ1) is 13.0. The lowest BCUT2D eigenvalue weighted by Crippen LogP contribution is -2.39. The Morgan fingerprint density at radius 3 is 2.41 bits per heavy atom. The second-order valence-corrected chi connectivity index (χ2v) is 6.45. The van der Waals surface area contributed by atoms with Crippen LogP contribution in [-0.4, -0.2) is 13.1 Å². The highest BCUT2D eigenvalue weighted by molar-refractivity contribution is 9.10. The number of nitrogens with two attached hydrogens (primary N) is 1. The number of nitrogens with zero attached hydrogens (tertiary/aromatic N) is 1. The van der Waals surface area contributed by atoms with Crippen molar-refractivity contribution < 1.29 is 0 Å². The van der Waals surface area contributed by atoms with Gasteiger partial charge in [-0.25, -0.2) is 0 Å². The van der Waals surface area contributed by atoms with Crippen LogP contribution < -0.4 is 10.6 Å². The lowest BCUT2D eigenvalue weighted by atomic mass is 9.91. The minimum Gasteiger partial charge on any atom is -0.399 e. The second kappa shape index (κ2) is 5.07. The van der Waals surface area contributed by atoms with Crippen molar-refractivity contribution in [2.24, 2.45) is 11.8 Å². The molecule has 94 valence electrons. The largest absolute Gasteiger partial charge is 0.399 e. The fraction of sp³-hybridized carbons (Fsp3) is 0.538. The molecule has 1 saturated heterocycles. The average molecular weight is 318 g/mol. The average Bonchev–Trinajstić information content (AvgIpc) is 2.13. The number of hydrogen-bond acceptors (Lipinski definition) is 2. The van der Waals surface area contributed by atoms with Crippen molar-refractivity contribution in [3.05, 3.63) is 21.6 Å². The molecule has 17 heavy (non-hydrogen) atoms. The van der Waals surface area contributed by atoms with Crippen molar-refractivity contribution in [1.29, 1.82) is 0 Å². The Morgan fingerprint density at radius 2 is 1.88 bits per heavy atom. The molecular weight excluding hydrogens is 300 g/mol. The molecule has 4 heteroatoms. The number of nitrogen functional groups attached to an aromatic ring is 1. The van der Waals surface area contributed by atoms with E-state index >= 15 is 0 Å². The highest BCUT2D eigenvalue weighted by Gasteiger charge is 2.24. The summed E-state index contributed by atoms with van der Waals surface area (Å²) < 4.78 is 0.990. The lowest BCUT2D eigenvalue weighted by molar-refractivity contribution is 0.356. The third kappa shape index (κ3) is 2.89. The normalized spacial score (nSPS) is 25.1. The minimum atomic E-state index is 0.698. The summed E-state index contributed by atoms with van der Waals surface area (Å²) in [7, 11) is 0. The molecule has 1 aliphatic rings. The molecule has 2 rings (SSSR count). The predicted molar refractivity (Wildman–Crippen MR) is 78.7 cm³/mol. The Kier molecular flexibility index (Phi) is 3.88. The van der Waals surface area contributed by atoms with Gasteiger partial charge in [0.1, 0.15) is 0 Å². The molecule has 0 saturated carbocycles. The van der Waals surface area contributed by atoms with Gasteiger partial charge in [0.15, 0.2) is 0 Å². The van der Waals surface area contributed by atoms with Gasteiger partial charge in [0.25, 0.3) is 0 Å². The third-order valence-corrected chi connectivity index (χ3v) is 4.12. The van der Waals surface area contributed by atoms with E-state index in [2.05, 4.69) is 34.7 Å². The van der Waals surface area contributed by atoms with Crippen molar-refractivity contribution in [2.75, 3.05) is 23.7 Å². The van der Waals surface area contributed by atoms with E-state index in [9.17, 15) is 0 Å². The van der Waals surface area contributed by atoms with Crippen LogP contribution in [0.2, 0.25) is 5.02 Å². The molecule has 0 spiro atoms. The number of benzene rings is 1. The maximum absolute atomic E-state index is 6.31. The second-order valence-electron chi connectivity index (χ2n) is 5.18. The van der Waals surface area contributed by atoms with Crippen LogP contribution in [0.15, 0.2) is 16.6 Å². The Balaban J connectivity index is 2.33. The maximum Gasteiger partial charge on any atom is 0.0701 e. The zero-order valence-corrected chi connectivity index (χ0v) is 12.6. The summed E-state index contributed by atoms with van der Waals surface area (Å²) in [6, 6.07) is 3.75. The lowest BCUT2D eigenvalue weighted by Gasteiger charge is -2.37. The monoisotopic (exact) mass is 316 g/mol.